The number of aliphatic carboxylic acids is 1. The number of carboxylic acids is 1. The summed E-state index contributed by atoms with van der Waals surface area (Å²) in [7, 11) is 0. The zero-order chi connectivity index (χ0) is 18.6. The van der Waals surface area contributed by atoms with Gasteiger partial charge in [0.2, 0.25) is 0 Å². The molecule has 0 saturated carbocycles. The molecule has 3 rings (SSSR count). The van der Waals surface area contributed by atoms with Crippen molar-refractivity contribution in [3.8, 4) is 0 Å². The van der Waals surface area contributed by atoms with Crippen LogP contribution in [0.25, 0.3) is 16.3 Å². The van der Waals surface area contributed by atoms with Crippen molar-refractivity contribution in [1.82, 2.24) is 0 Å². The number of allylic oxidation sites excluding steroid dienone is 2. The molecule has 2 aromatic carbocycles. The molecule has 25 heavy (non-hydrogen) atoms. The van der Waals surface area contributed by atoms with Crippen LogP contribution in [0.1, 0.15) is 30.5 Å². The van der Waals surface area contributed by atoms with Gasteiger partial charge in [-0.25, -0.2) is 4.39 Å². The lowest BCUT2D eigenvalue weighted by Gasteiger charge is -2.14. The molecular weight excluding hydrogens is 339 g/mol. The molecule has 0 bridgehead atoms. The van der Waals surface area contributed by atoms with Gasteiger partial charge in [0.05, 0.1) is 0 Å². The first kappa shape index (κ1) is 19.0. The van der Waals surface area contributed by atoms with Gasteiger partial charge in [-0.2, -0.15) is 0 Å². The van der Waals surface area contributed by atoms with Crippen molar-refractivity contribution in [3.05, 3.63) is 76.9 Å². The second kappa shape index (κ2) is 8.14. The SMILES string of the molecule is CC(=O)O.CC1=C(F)c2ccccc2C1=C(c1ccccc1)[S+](C)[O-]. The lowest BCUT2D eigenvalue weighted by molar-refractivity contribution is -0.134. The molecule has 130 valence electrons. The highest BCUT2D eigenvalue weighted by molar-refractivity contribution is 8.00. The molecule has 5 heteroatoms. The number of carbonyl (C=O) groups is 1. The molecule has 1 aliphatic carbocycles. The first-order valence-electron chi connectivity index (χ1n) is 7.63. The highest BCUT2D eigenvalue weighted by atomic mass is 32.2. The van der Waals surface area contributed by atoms with E-state index in [0.29, 0.717) is 16.0 Å². The molecule has 1 N–H and O–H groups in total. The van der Waals surface area contributed by atoms with Gasteiger partial charge >= 0.3 is 0 Å². The van der Waals surface area contributed by atoms with E-state index in [1.165, 1.54) is 0 Å². The quantitative estimate of drug-likeness (QED) is 0.789. The van der Waals surface area contributed by atoms with E-state index in [4.69, 9.17) is 9.90 Å². The van der Waals surface area contributed by atoms with Gasteiger partial charge in [-0.15, -0.1) is 0 Å². The highest BCUT2D eigenvalue weighted by Gasteiger charge is 2.30. The molecule has 0 aliphatic heterocycles. The number of fused-ring (bicyclic) bond motifs is 1. The Bertz CT molecular complexity index is 835. The predicted molar refractivity (Wildman–Crippen MR) is 101 cm³/mol. The van der Waals surface area contributed by atoms with Crippen LogP contribution < -0.4 is 0 Å². The van der Waals surface area contributed by atoms with Crippen molar-refractivity contribution < 1.29 is 18.8 Å². The summed E-state index contributed by atoms with van der Waals surface area (Å²) in [6.45, 7) is 2.83. The van der Waals surface area contributed by atoms with Crippen LogP contribution in [0, 0.1) is 0 Å². The van der Waals surface area contributed by atoms with Crippen LogP contribution in [0.15, 0.2) is 60.2 Å². The van der Waals surface area contributed by atoms with Gasteiger partial charge in [-0.05, 0) is 41.4 Å². The van der Waals surface area contributed by atoms with E-state index in [0.717, 1.165) is 23.6 Å². The Balaban J connectivity index is 0.000000511. The predicted octanol–water partition coefficient (Wildman–Crippen LogP) is 4.74. The molecule has 2 aromatic rings. The second-order valence-electron chi connectivity index (χ2n) is 5.53. The van der Waals surface area contributed by atoms with E-state index in [-0.39, 0.29) is 5.83 Å². The lowest BCUT2D eigenvalue weighted by Crippen LogP contribution is -2.04. The standard InChI is InChI=1S/C18H15FOS.C2H4O2/c1-12-16(14-10-6-7-11-15(14)17(12)19)18(21(2)20)13-8-4-3-5-9-13;1-2(3)4/h3-11H,1-2H3;1H3,(H,3,4). The molecule has 0 heterocycles. The number of hydrogen-bond acceptors (Lipinski definition) is 2. The number of rotatable bonds is 2. The average Bonchev–Trinajstić information content (AvgIpc) is 2.81. The summed E-state index contributed by atoms with van der Waals surface area (Å²) in [6.07, 6.45) is 1.64. The maximum absolute atomic E-state index is 14.4. The van der Waals surface area contributed by atoms with Crippen molar-refractivity contribution in [2.75, 3.05) is 6.26 Å². The molecule has 0 saturated heterocycles. The van der Waals surface area contributed by atoms with Gasteiger partial charge in [0.1, 0.15) is 12.1 Å². The summed E-state index contributed by atoms with van der Waals surface area (Å²) in [4.78, 5) is 9.69. The number of hydrogen-bond donors (Lipinski definition) is 1. The molecule has 1 atom stereocenters. The van der Waals surface area contributed by atoms with Crippen molar-refractivity contribution in [2.45, 2.75) is 13.8 Å². The summed E-state index contributed by atoms with van der Waals surface area (Å²) < 4.78 is 26.7. The van der Waals surface area contributed by atoms with Crippen LogP contribution in [0.3, 0.4) is 0 Å². The van der Waals surface area contributed by atoms with Crippen LogP contribution in [0.4, 0.5) is 4.39 Å². The number of carboxylic acid groups (broad SMARTS) is 1. The molecule has 0 aromatic heterocycles. The molecular formula is C20H19FO3S. The summed E-state index contributed by atoms with van der Waals surface area (Å²) in [6, 6.07) is 16.9. The Hall–Kier alpha value is -2.37. The molecule has 0 spiro atoms. The molecule has 3 nitrogen and oxygen atoms in total. The minimum Gasteiger partial charge on any atom is -0.612 e. The summed E-state index contributed by atoms with van der Waals surface area (Å²) in [5.74, 6) is -1.06. The molecule has 1 aliphatic rings. The minimum atomic E-state index is -1.21. The van der Waals surface area contributed by atoms with Crippen LogP contribution >= 0.6 is 0 Å². The van der Waals surface area contributed by atoms with Crippen LogP contribution in [-0.2, 0) is 16.0 Å². The third-order valence-electron chi connectivity index (χ3n) is 3.69. The van der Waals surface area contributed by atoms with Crippen molar-refractivity contribution >= 4 is 33.5 Å². The van der Waals surface area contributed by atoms with Gasteiger partial charge in [-0.1, -0.05) is 42.5 Å². The van der Waals surface area contributed by atoms with Crippen LogP contribution in [-0.4, -0.2) is 21.9 Å². The van der Waals surface area contributed by atoms with Crippen LogP contribution in [0.2, 0.25) is 0 Å². The summed E-state index contributed by atoms with van der Waals surface area (Å²) in [5, 5.41) is 7.42. The van der Waals surface area contributed by atoms with Crippen LogP contribution in [0.5, 0.6) is 0 Å². The molecule has 0 amide bonds. The molecule has 1 unspecified atom stereocenters. The number of benzene rings is 2. The summed E-state index contributed by atoms with van der Waals surface area (Å²) in [5.41, 5.74) is 3.60. The topological polar surface area (TPSA) is 60.4 Å². The van der Waals surface area contributed by atoms with E-state index in [9.17, 15) is 8.94 Å². The Morgan fingerprint density at radius 2 is 1.52 bits per heavy atom. The van der Waals surface area contributed by atoms with E-state index < -0.39 is 17.1 Å². The highest BCUT2D eigenvalue weighted by Crippen LogP contribution is 2.46. The van der Waals surface area contributed by atoms with E-state index in [1.807, 2.05) is 48.5 Å². The Kier molecular flexibility index (Phi) is 6.17. The fourth-order valence-corrected chi connectivity index (χ4v) is 3.76. The largest absolute Gasteiger partial charge is 0.612 e. The zero-order valence-corrected chi connectivity index (χ0v) is 15.1. The Labute approximate surface area is 149 Å². The molecule has 0 radical (unpaired) electrons. The van der Waals surface area contributed by atoms with Gasteiger partial charge in [0, 0.05) is 23.6 Å². The minimum absolute atomic E-state index is 0.223. The van der Waals surface area contributed by atoms with Gasteiger partial charge in [0.25, 0.3) is 5.97 Å². The third kappa shape index (κ3) is 4.18. The first-order chi connectivity index (χ1) is 11.8. The van der Waals surface area contributed by atoms with Crippen molar-refractivity contribution in [1.29, 1.82) is 0 Å². The Morgan fingerprint density at radius 1 is 1.04 bits per heavy atom. The number of halogens is 1. The second-order valence-corrected chi connectivity index (χ2v) is 6.84. The monoisotopic (exact) mass is 358 g/mol. The van der Waals surface area contributed by atoms with E-state index in [1.54, 1.807) is 19.2 Å². The Morgan fingerprint density at radius 3 is 2.04 bits per heavy atom. The maximum Gasteiger partial charge on any atom is 0.300 e. The van der Waals surface area contributed by atoms with Gasteiger partial charge in [-0.3, -0.25) is 4.79 Å². The average molecular weight is 358 g/mol. The smallest absolute Gasteiger partial charge is 0.300 e. The lowest BCUT2D eigenvalue weighted by atomic mass is 10.0. The molecule has 0 fully saturated rings. The van der Waals surface area contributed by atoms with Crippen molar-refractivity contribution in [3.63, 3.8) is 0 Å². The fourth-order valence-electron chi connectivity index (χ4n) is 2.74. The maximum atomic E-state index is 14.4. The summed E-state index contributed by atoms with van der Waals surface area (Å²) >= 11 is -1.21. The third-order valence-corrected chi connectivity index (χ3v) is 4.70. The van der Waals surface area contributed by atoms with Gasteiger partial charge < -0.3 is 9.66 Å². The van der Waals surface area contributed by atoms with Crippen molar-refractivity contribution in [2.24, 2.45) is 0 Å². The zero-order valence-electron chi connectivity index (χ0n) is 14.2. The fraction of sp³-hybridized carbons (Fsp3) is 0.150. The van der Waals surface area contributed by atoms with E-state index in [2.05, 4.69) is 0 Å². The first-order valence-corrected chi connectivity index (χ1v) is 9.19. The normalized spacial score (nSPS) is 15.9. The van der Waals surface area contributed by atoms with E-state index >= 15 is 0 Å². The van der Waals surface area contributed by atoms with Gasteiger partial charge in [0.15, 0.2) is 4.91 Å².